The van der Waals surface area contributed by atoms with Gasteiger partial charge in [-0.15, -0.1) is 0 Å². The van der Waals surface area contributed by atoms with Crippen LogP contribution in [-0.2, 0) is 4.74 Å². The van der Waals surface area contributed by atoms with E-state index in [0.717, 1.165) is 0 Å². The maximum Gasteiger partial charge on any atom is 0.410 e. The Hall–Kier alpha value is -0.910. The first-order valence-corrected chi connectivity index (χ1v) is 6.21. The average Bonchev–Trinajstić information content (AvgIpc) is 2.29. The van der Waals surface area contributed by atoms with Crippen molar-refractivity contribution in [2.45, 2.75) is 32.4 Å². The number of ether oxygens (including phenoxy) is 1. The van der Waals surface area contributed by atoms with Crippen molar-refractivity contribution in [2.24, 2.45) is 0 Å². The molecule has 1 saturated heterocycles. The van der Waals surface area contributed by atoms with Crippen LogP contribution < -0.4 is 0 Å². The Morgan fingerprint density at radius 2 is 1.67 bits per heavy atom. The standard InChI is InChI=1S/C12H22F2N2O2/c1-12(2,3)18-11(17)16-6-4-15(5-7-16)10(8-13)9-14/h10H,4-9H2,1-3H3. The molecule has 4 nitrogen and oxygen atoms in total. The van der Waals surface area contributed by atoms with E-state index in [9.17, 15) is 13.6 Å². The lowest BCUT2D eigenvalue weighted by molar-refractivity contribution is 0.00757. The molecular weight excluding hydrogens is 242 g/mol. The van der Waals surface area contributed by atoms with Gasteiger partial charge in [-0.25, -0.2) is 13.6 Å². The van der Waals surface area contributed by atoms with Crippen molar-refractivity contribution >= 4 is 6.09 Å². The van der Waals surface area contributed by atoms with Crippen LogP contribution in [0.4, 0.5) is 13.6 Å². The molecule has 106 valence electrons. The van der Waals surface area contributed by atoms with Crippen molar-refractivity contribution in [3.05, 3.63) is 0 Å². The number of piperazine rings is 1. The summed E-state index contributed by atoms with van der Waals surface area (Å²) in [5, 5.41) is 0. The second-order valence-electron chi connectivity index (χ2n) is 5.47. The Morgan fingerprint density at radius 1 is 1.17 bits per heavy atom. The summed E-state index contributed by atoms with van der Waals surface area (Å²) in [5.74, 6) is 0. The molecule has 0 saturated carbocycles. The molecular formula is C12H22F2N2O2. The van der Waals surface area contributed by atoms with Gasteiger partial charge in [0.05, 0.1) is 6.04 Å². The van der Waals surface area contributed by atoms with Crippen molar-refractivity contribution in [3.63, 3.8) is 0 Å². The highest BCUT2D eigenvalue weighted by atomic mass is 19.1. The molecule has 1 fully saturated rings. The lowest BCUT2D eigenvalue weighted by Crippen LogP contribution is -2.53. The first-order valence-electron chi connectivity index (χ1n) is 6.21. The van der Waals surface area contributed by atoms with Crippen molar-refractivity contribution in [2.75, 3.05) is 39.5 Å². The van der Waals surface area contributed by atoms with Gasteiger partial charge < -0.3 is 9.64 Å². The van der Waals surface area contributed by atoms with Crippen LogP contribution in [0.2, 0.25) is 0 Å². The molecule has 0 radical (unpaired) electrons. The Labute approximate surface area is 107 Å². The summed E-state index contributed by atoms with van der Waals surface area (Å²) in [6.45, 7) is 5.91. The molecule has 1 heterocycles. The molecule has 1 aliphatic rings. The second kappa shape index (κ2) is 6.31. The van der Waals surface area contributed by atoms with E-state index in [1.807, 2.05) is 20.8 Å². The summed E-state index contributed by atoms with van der Waals surface area (Å²) in [6.07, 6.45) is -0.362. The van der Waals surface area contributed by atoms with Crippen LogP contribution >= 0.6 is 0 Å². The molecule has 1 aliphatic heterocycles. The molecule has 1 rings (SSSR count). The quantitative estimate of drug-likeness (QED) is 0.780. The van der Waals surface area contributed by atoms with Crippen molar-refractivity contribution < 1.29 is 18.3 Å². The Morgan fingerprint density at radius 3 is 2.06 bits per heavy atom. The second-order valence-corrected chi connectivity index (χ2v) is 5.47. The van der Waals surface area contributed by atoms with Crippen LogP contribution in [0.25, 0.3) is 0 Å². The summed E-state index contributed by atoms with van der Waals surface area (Å²) in [5.41, 5.74) is -0.519. The minimum atomic E-state index is -0.692. The van der Waals surface area contributed by atoms with Crippen LogP contribution in [0.3, 0.4) is 0 Å². The van der Waals surface area contributed by atoms with E-state index >= 15 is 0 Å². The Balaban J connectivity index is 2.41. The minimum Gasteiger partial charge on any atom is -0.444 e. The fourth-order valence-electron chi connectivity index (χ4n) is 1.83. The van der Waals surface area contributed by atoms with Gasteiger partial charge >= 0.3 is 6.09 Å². The summed E-state index contributed by atoms with van der Waals surface area (Å²) in [7, 11) is 0. The zero-order valence-electron chi connectivity index (χ0n) is 11.3. The van der Waals surface area contributed by atoms with Gasteiger partial charge in [0.2, 0.25) is 0 Å². The van der Waals surface area contributed by atoms with Gasteiger partial charge in [-0.2, -0.15) is 0 Å². The number of nitrogens with zero attached hydrogens (tertiary/aromatic N) is 2. The molecule has 1 amide bonds. The fourth-order valence-corrected chi connectivity index (χ4v) is 1.83. The number of alkyl halides is 2. The van der Waals surface area contributed by atoms with E-state index in [4.69, 9.17) is 4.74 Å². The van der Waals surface area contributed by atoms with Crippen molar-refractivity contribution in [1.29, 1.82) is 0 Å². The SMILES string of the molecule is CC(C)(C)OC(=O)N1CCN(C(CF)CF)CC1. The molecule has 0 aliphatic carbocycles. The molecule has 18 heavy (non-hydrogen) atoms. The number of amides is 1. The first-order chi connectivity index (χ1) is 8.37. The molecule has 0 aromatic heterocycles. The first kappa shape index (κ1) is 15.1. The molecule has 0 spiro atoms. The van der Waals surface area contributed by atoms with Gasteiger partial charge in [0.1, 0.15) is 19.0 Å². The zero-order valence-corrected chi connectivity index (χ0v) is 11.3. The van der Waals surface area contributed by atoms with Gasteiger partial charge in [-0.05, 0) is 20.8 Å². The highest BCUT2D eigenvalue weighted by Gasteiger charge is 2.28. The van der Waals surface area contributed by atoms with Crippen LogP contribution in [0.1, 0.15) is 20.8 Å². The Bertz CT molecular complexity index is 270. The predicted octanol–water partition coefficient (Wildman–Crippen LogP) is 1.85. The normalized spacial score (nSPS) is 18.2. The van der Waals surface area contributed by atoms with Crippen LogP contribution in [0.15, 0.2) is 0 Å². The molecule has 0 atom stereocenters. The molecule has 6 heteroatoms. The van der Waals surface area contributed by atoms with Crippen molar-refractivity contribution in [3.8, 4) is 0 Å². The fraction of sp³-hybridized carbons (Fsp3) is 0.917. The summed E-state index contributed by atoms with van der Waals surface area (Å²) in [6, 6.07) is -0.675. The number of carbonyl (C=O) groups is 1. The maximum absolute atomic E-state index is 12.5. The number of carbonyl (C=O) groups excluding carboxylic acids is 1. The van der Waals surface area contributed by atoms with Crippen molar-refractivity contribution in [1.82, 2.24) is 9.80 Å². The number of hydrogen-bond donors (Lipinski definition) is 0. The topological polar surface area (TPSA) is 32.8 Å². The maximum atomic E-state index is 12.5. The highest BCUT2D eigenvalue weighted by molar-refractivity contribution is 5.68. The lowest BCUT2D eigenvalue weighted by Gasteiger charge is -2.37. The summed E-state index contributed by atoms with van der Waals surface area (Å²) in [4.78, 5) is 15.1. The van der Waals surface area contributed by atoms with Gasteiger partial charge in [0.25, 0.3) is 0 Å². The van der Waals surface area contributed by atoms with E-state index in [2.05, 4.69) is 0 Å². The third kappa shape index (κ3) is 4.40. The van der Waals surface area contributed by atoms with E-state index in [0.29, 0.717) is 26.2 Å². The van der Waals surface area contributed by atoms with E-state index < -0.39 is 25.0 Å². The predicted molar refractivity (Wildman–Crippen MR) is 65.1 cm³/mol. The molecule has 0 aromatic carbocycles. The smallest absolute Gasteiger partial charge is 0.410 e. The number of hydrogen-bond acceptors (Lipinski definition) is 3. The minimum absolute atomic E-state index is 0.362. The third-order valence-corrected chi connectivity index (χ3v) is 2.84. The van der Waals surface area contributed by atoms with E-state index in [1.165, 1.54) is 0 Å². The van der Waals surface area contributed by atoms with Crippen LogP contribution in [0.5, 0.6) is 0 Å². The van der Waals surface area contributed by atoms with Crippen LogP contribution in [-0.4, -0.2) is 67.1 Å². The Kier molecular flexibility index (Phi) is 5.31. The average molecular weight is 264 g/mol. The number of rotatable bonds is 3. The molecule has 0 aromatic rings. The van der Waals surface area contributed by atoms with Gasteiger partial charge in [-0.3, -0.25) is 4.90 Å². The zero-order chi connectivity index (χ0) is 13.8. The number of halogens is 2. The van der Waals surface area contributed by atoms with Gasteiger partial charge in [0.15, 0.2) is 0 Å². The highest BCUT2D eigenvalue weighted by Crippen LogP contribution is 2.13. The summed E-state index contributed by atoms with van der Waals surface area (Å²) >= 11 is 0. The third-order valence-electron chi connectivity index (χ3n) is 2.84. The van der Waals surface area contributed by atoms with Gasteiger partial charge in [0, 0.05) is 26.2 Å². The van der Waals surface area contributed by atoms with Crippen LogP contribution in [0, 0.1) is 0 Å². The lowest BCUT2D eigenvalue weighted by atomic mass is 10.2. The molecule has 0 bridgehead atoms. The monoisotopic (exact) mass is 264 g/mol. The summed E-state index contributed by atoms with van der Waals surface area (Å²) < 4.78 is 30.3. The van der Waals surface area contributed by atoms with E-state index in [-0.39, 0.29) is 6.09 Å². The largest absolute Gasteiger partial charge is 0.444 e. The molecule has 0 unspecified atom stereocenters. The molecule has 0 N–H and O–H groups in total. The van der Waals surface area contributed by atoms with E-state index in [1.54, 1.807) is 9.80 Å². The van der Waals surface area contributed by atoms with Gasteiger partial charge in [-0.1, -0.05) is 0 Å².